The van der Waals surface area contributed by atoms with Crippen LogP contribution in [-0.2, 0) is 9.47 Å². The van der Waals surface area contributed by atoms with Crippen LogP contribution in [-0.4, -0.2) is 26.4 Å². The van der Waals surface area contributed by atoms with Gasteiger partial charge in [-0.3, -0.25) is 0 Å². The van der Waals surface area contributed by atoms with Gasteiger partial charge in [-0.2, -0.15) is 0 Å². The van der Waals surface area contributed by atoms with Gasteiger partial charge in [0, 0.05) is 28.6 Å². The van der Waals surface area contributed by atoms with E-state index in [4.69, 9.17) is 25.8 Å². The highest BCUT2D eigenvalue weighted by Gasteiger charge is 2.19. The van der Waals surface area contributed by atoms with Gasteiger partial charge in [-0.25, -0.2) is 0 Å². The van der Waals surface area contributed by atoms with Crippen molar-refractivity contribution in [3.8, 4) is 5.75 Å². The fourth-order valence-electron chi connectivity index (χ4n) is 2.68. The van der Waals surface area contributed by atoms with E-state index in [9.17, 15) is 0 Å². The molecule has 1 saturated heterocycles. The van der Waals surface area contributed by atoms with E-state index in [1.165, 1.54) is 0 Å². The van der Waals surface area contributed by atoms with Crippen molar-refractivity contribution < 1.29 is 14.2 Å². The third-order valence-electron chi connectivity index (χ3n) is 3.85. The van der Waals surface area contributed by atoms with Crippen molar-refractivity contribution in [3.05, 3.63) is 63.1 Å². The van der Waals surface area contributed by atoms with Crippen molar-refractivity contribution in [2.45, 2.75) is 18.6 Å². The Bertz CT molecular complexity index is 654. The first-order chi connectivity index (χ1) is 11.2. The highest BCUT2D eigenvalue weighted by atomic mass is 79.9. The van der Waals surface area contributed by atoms with Crippen LogP contribution in [0.3, 0.4) is 0 Å². The second-order valence-electron chi connectivity index (χ2n) is 5.45. The van der Waals surface area contributed by atoms with Gasteiger partial charge >= 0.3 is 0 Å². The number of hydrogen-bond donors (Lipinski definition) is 0. The molecule has 3 nitrogen and oxygen atoms in total. The maximum atomic E-state index is 6.32. The van der Waals surface area contributed by atoms with E-state index < -0.39 is 0 Å². The molecular formula is C18H18BrClO3. The molecule has 122 valence electrons. The highest BCUT2D eigenvalue weighted by Crippen LogP contribution is 2.33. The summed E-state index contributed by atoms with van der Waals surface area (Å²) in [6, 6.07) is 13.7. The second kappa shape index (κ2) is 7.67. The fraction of sp³-hybridized carbons (Fsp3) is 0.333. The van der Waals surface area contributed by atoms with Crippen molar-refractivity contribution in [2.75, 3.05) is 20.3 Å². The standard InChI is InChI=1S/C18H18BrClO3/c1-21-18(16-10-13(19)4-7-17(16)20)12-2-5-14(6-3-12)23-15-8-9-22-11-15/h2-7,10,15,18H,8-9,11H2,1H3/t15-,18?/m0/s1. The SMILES string of the molecule is COC(c1ccc(O[C@H]2CCOC2)cc1)c1cc(Br)ccc1Cl. The molecule has 2 aromatic carbocycles. The van der Waals surface area contributed by atoms with E-state index in [0.29, 0.717) is 11.6 Å². The van der Waals surface area contributed by atoms with Gasteiger partial charge in [0.2, 0.25) is 0 Å². The lowest BCUT2D eigenvalue weighted by Gasteiger charge is -2.19. The third-order valence-corrected chi connectivity index (χ3v) is 4.69. The Balaban J connectivity index is 1.79. The summed E-state index contributed by atoms with van der Waals surface area (Å²) in [5.41, 5.74) is 1.96. The molecule has 0 saturated carbocycles. The van der Waals surface area contributed by atoms with Crippen LogP contribution in [0.5, 0.6) is 5.75 Å². The molecule has 1 unspecified atom stereocenters. The number of halogens is 2. The Hall–Kier alpha value is -1.07. The van der Waals surface area contributed by atoms with Gasteiger partial charge in [-0.05, 0) is 35.9 Å². The van der Waals surface area contributed by atoms with Crippen LogP contribution >= 0.6 is 27.5 Å². The van der Waals surface area contributed by atoms with E-state index >= 15 is 0 Å². The van der Waals surface area contributed by atoms with Crippen LogP contribution in [0.4, 0.5) is 0 Å². The Labute approximate surface area is 149 Å². The number of ether oxygens (including phenoxy) is 3. The highest BCUT2D eigenvalue weighted by molar-refractivity contribution is 9.10. The molecule has 0 spiro atoms. The summed E-state index contributed by atoms with van der Waals surface area (Å²) in [4.78, 5) is 0. The lowest BCUT2D eigenvalue weighted by Crippen LogP contribution is -2.15. The lowest BCUT2D eigenvalue weighted by molar-refractivity contribution is 0.135. The van der Waals surface area contributed by atoms with E-state index in [-0.39, 0.29) is 12.2 Å². The monoisotopic (exact) mass is 396 g/mol. The van der Waals surface area contributed by atoms with Gasteiger partial charge in [-0.15, -0.1) is 0 Å². The van der Waals surface area contributed by atoms with Gasteiger partial charge in [0.05, 0.1) is 13.2 Å². The zero-order valence-corrected chi connectivity index (χ0v) is 15.1. The molecule has 1 heterocycles. The minimum Gasteiger partial charge on any atom is -0.488 e. The minimum atomic E-state index is -0.219. The average Bonchev–Trinajstić information content (AvgIpc) is 3.06. The number of benzene rings is 2. The Morgan fingerprint density at radius 1 is 1.22 bits per heavy atom. The summed E-state index contributed by atoms with van der Waals surface area (Å²) >= 11 is 9.81. The Kier molecular flexibility index (Phi) is 5.59. The van der Waals surface area contributed by atoms with Crippen molar-refractivity contribution in [1.29, 1.82) is 0 Å². The smallest absolute Gasteiger partial charge is 0.124 e. The number of rotatable bonds is 5. The topological polar surface area (TPSA) is 27.7 Å². The van der Waals surface area contributed by atoms with Crippen LogP contribution < -0.4 is 4.74 Å². The summed E-state index contributed by atoms with van der Waals surface area (Å²) < 4.78 is 17.9. The Morgan fingerprint density at radius 2 is 2.00 bits per heavy atom. The maximum Gasteiger partial charge on any atom is 0.124 e. The van der Waals surface area contributed by atoms with Crippen molar-refractivity contribution >= 4 is 27.5 Å². The molecule has 1 fully saturated rings. The summed E-state index contributed by atoms with van der Waals surface area (Å²) in [6.45, 7) is 1.44. The molecule has 0 aromatic heterocycles. The number of methoxy groups -OCH3 is 1. The lowest BCUT2D eigenvalue weighted by atomic mass is 10.0. The van der Waals surface area contributed by atoms with Gasteiger partial charge in [0.1, 0.15) is 18.0 Å². The van der Waals surface area contributed by atoms with Gasteiger partial charge < -0.3 is 14.2 Å². The van der Waals surface area contributed by atoms with Crippen molar-refractivity contribution in [2.24, 2.45) is 0 Å². The predicted octanol–water partition coefficient (Wildman–Crippen LogP) is 5.01. The normalized spacial score (nSPS) is 18.8. The summed E-state index contributed by atoms with van der Waals surface area (Å²) in [5, 5.41) is 0.684. The van der Waals surface area contributed by atoms with Crippen LogP contribution in [0.25, 0.3) is 0 Å². The largest absolute Gasteiger partial charge is 0.488 e. The van der Waals surface area contributed by atoms with Crippen molar-refractivity contribution in [1.82, 2.24) is 0 Å². The molecule has 2 aromatic rings. The predicted molar refractivity (Wildman–Crippen MR) is 94.3 cm³/mol. The molecule has 5 heteroatoms. The molecule has 1 aliphatic rings. The molecule has 0 aliphatic carbocycles. The first kappa shape index (κ1) is 16.8. The maximum absolute atomic E-state index is 6.32. The van der Waals surface area contributed by atoms with E-state index in [0.717, 1.165) is 34.4 Å². The molecule has 0 bridgehead atoms. The van der Waals surface area contributed by atoms with E-state index in [1.807, 2.05) is 42.5 Å². The van der Waals surface area contributed by atoms with Crippen LogP contribution in [0.15, 0.2) is 46.9 Å². The first-order valence-electron chi connectivity index (χ1n) is 7.49. The quantitative estimate of drug-likeness (QED) is 0.710. The van der Waals surface area contributed by atoms with E-state index in [1.54, 1.807) is 7.11 Å². The molecule has 23 heavy (non-hydrogen) atoms. The average molecular weight is 398 g/mol. The summed E-state index contributed by atoms with van der Waals surface area (Å²) in [5.74, 6) is 0.847. The molecular weight excluding hydrogens is 380 g/mol. The molecule has 1 aliphatic heterocycles. The van der Waals surface area contributed by atoms with Crippen molar-refractivity contribution in [3.63, 3.8) is 0 Å². The van der Waals surface area contributed by atoms with Crippen LogP contribution in [0.2, 0.25) is 5.02 Å². The summed E-state index contributed by atoms with van der Waals surface area (Å²) in [7, 11) is 1.68. The third kappa shape index (κ3) is 4.07. The molecule has 3 rings (SSSR count). The molecule has 0 N–H and O–H groups in total. The fourth-order valence-corrected chi connectivity index (χ4v) is 3.27. The van der Waals surface area contributed by atoms with E-state index in [2.05, 4.69) is 15.9 Å². The van der Waals surface area contributed by atoms with Crippen LogP contribution in [0.1, 0.15) is 23.7 Å². The molecule has 0 radical (unpaired) electrons. The Morgan fingerprint density at radius 3 is 2.65 bits per heavy atom. The molecule has 0 amide bonds. The number of hydrogen-bond acceptors (Lipinski definition) is 3. The second-order valence-corrected chi connectivity index (χ2v) is 6.78. The zero-order valence-electron chi connectivity index (χ0n) is 12.8. The van der Waals surface area contributed by atoms with Gasteiger partial charge in [0.25, 0.3) is 0 Å². The van der Waals surface area contributed by atoms with Gasteiger partial charge in [-0.1, -0.05) is 39.7 Å². The van der Waals surface area contributed by atoms with Gasteiger partial charge in [0.15, 0.2) is 0 Å². The minimum absolute atomic E-state index is 0.151. The first-order valence-corrected chi connectivity index (χ1v) is 8.66. The summed E-state index contributed by atoms with van der Waals surface area (Å²) in [6.07, 6.45) is 0.873. The van der Waals surface area contributed by atoms with Crippen LogP contribution in [0, 0.1) is 0 Å². The zero-order chi connectivity index (χ0) is 16.2. The molecule has 2 atom stereocenters.